The van der Waals surface area contributed by atoms with E-state index in [1.54, 1.807) is 4.68 Å². The van der Waals surface area contributed by atoms with Crippen molar-refractivity contribution in [1.29, 1.82) is 0 Å². The highest BCUT2D eigenvalue weighted by Crippen LogP contribution is 2.36. The van der Waals surface area contributed by atoms with Gasteiger partial charge in [0.1, 0.15) is 5.15 Å². The quantitative estimate of drug-likeness (QED) is 0.706. The first-order chi connectivity index (χ1) is 12.6. The van der Waals surface area contributed by atoms with Gasteiger partial charge < -0.3 is 5.32 Å². The van der Waals surface area contributed by atoms with E-state index in [1.165, 1.54) is 10.5 Å². The fourth-order valence-electron chi connectivity index (χ4n) is 3.22. The van der Waals surface area contributed by atoms with Gasteiger partial charge in [-0.1, -0.05) is 48.0 Å². The zero-order valence-corrected chi connectivity index (χ0v) is 15.8. The van der Waals surface area contributed by atoms with E-state index >= 15 is 0 Å². The molecule has 1 aliphatic heterocycles. The molecule has 6 heteroatoms. The Kier molecular flexibility index (Phi) is 4.74. The minimum atomic E-state index is -0.179. The van der Waals surface area contributed by atoms with Crippen LogP contribution in [0.3, 0.4) is 0 Å². The Hall–Kier alpha value is -2.24. The number of carbonyl (C=O) groups is 1. The molecule has 0 unspecified atom stereocenters. The number of thioether (sulfide) groups is 1. The number of benzene rings is 2. The third kappa shape index (κ3) is 3.13. The summed E-state index contributed by atoms with van der Waals surface area (Å²) < 4.78 is 1.61. The van der Waals surface area contributed by atoms with Crippen LogP contribution in [-0.4, -0.2) is 21.4 Å². The highest BCUT2D eigenvalue weighted by Gasteiger charge is 2.26. The van der Waals surface area contributed by atoms with Crippen molar-refractivity contribution in [3.63, 3.8) is 0 Å². The van der Waals surface area contributed by atoms with Crippen LogP contribution in [0.15, 0.2) is 59.5 Å². The molecular weight excluding hydrogens is 366 g/mol. The maximum absolute atomic E-state index is 13.0. The van der Waals surface area contributed by atoms with Gasteiger partial charge in [-0.15, -0.1) is 11.8 Å². The van der Waals surface area contributed by atoms with Gasteiger partial charge in [0.2, 0.25) is 0 Å². The SMILES string of the molecule is Cc1nn(-c2ccccc2)c(Cl)c1C(=O)N[C@H]1CCSc2ccccc21. The van der Waals surface area contributed by atoms with E-state index in [0.29, 0.717) is 16.4 Å². The predicted octanol–water partition coefficient (Wildman–Crippen LogP) is 4.80. The molecule has 0 saturated carbocycles. The molecule has 26 heavy (non-hydrogen) atoms. The summed E-state index contributed by atoms with van der Waals surface area (Å²) in [4.78, 5) is 14.2. The van der Waals surface area contributed by atoms with E-state index in [2.05, 4.69) is 22.5 Å². The topological polar surface area (TPSA) is 46.9 Å². The van der Waals surface area contributed by atoms with Crippen molar-refractivity contribution in [2.75, 3.05) is 5.75 Å². The van der Waals surface area contributed by atoms with E-state index < -0.39 is 0 Å². The minimum absolute atomic E-state index is 0.00417. The van der Waals surface area contributed by atoms with Gasteiger partial charge >= 0.3 is 0 Å². The summed E-state index contributed by atoms with van der Waals surface area (Å²) in [6.07, 6.45) is 0.900. The molecule has 0 bridgehead atoms. The Balaban J connectivity index is 1.63. The monoisotopic (exact) mass is 383 g/mol. The van der Waals surface area contributed by atoms with E-state index in [4.69, 9.17) is 11.6 Å². The highest BCUT2D eigenvalue weighted by molar-refractivity contribution is 7.99. The average Bonchev–Trinajstić information content (AvgIpc) is 2.97. The van der Waals surface area contributed by atoms with Crippen LogP contribution in [0, 0.1) is 6.92 Å². The number of hydrogen-bond donors (Lipinski definition) is 1. The second kappa shape index (κ2) is 7.17. The van der Waals surface area contributed by atoms with Crippen LogP contribution in [-0.2, 0) is 0 Å². The number of nitrogens with zero attached hydrogens (tertiary/aromatic N) is 2. The van der Waals surface area contributed by atoms with Crippen LogP contribution >= 0.6 is 23.4 Å². The molecule has 2 aromatic carbocycles. The van der Waals surface area contributed by atoms with Crippen molar-refractivity contribution in [3.05, 3.63) is 76.6 Å². The van der Waals surface area contributed by atoms with Gasteiger partial charge in [-0.25, -0.2) is 4.68 Å². The molecule has 4 rings (SSSR count). The zero-order chi connectivity index (χ0) is 18.1. The summed E-state index contributed by atoms with van der Waals surface area (Å²) >= 11 is 8.34. The van der Waals surface area contributed by atoms with Gasteiger partial charge in [-0.3, -0.25) is 4.79 Å². The summed E-state index contributed by atoms with van der Waals surface area (Å²) in [5.41, 5.74) is 3.06. The van der Waals surface area contributed by atoms with Crippen molar-refractivity contribution >= 4 is 29.3 Å². The van der Waals surface area contributed by atoms with Crippen molar-refractivity contribution in [2.24, 2.45) is 0 Å². The van der Waals surface area contributed by atoms with Gasteiger partial charge in [0.25, 0.3) is 5.91 Å². The van der Waals surface area contributed by atoms with Gasteiger partial charge in [-0.05, 0) is 37.1 Å². The fourth-order valence-corrected chi connectivity index (χ4v) is 4.70. The number of rotatable bonds is 3. The highest BCUT2D eigenvalue weighted by atomic mass is 35.5. The Labute approximate surface area is 161 Å². The number of amides is 1. The lowest BCUT2D eigenvalue weighted by Crippen LogP contribution is -2.31. The molecular formula is C20H18ClN3OS. The van der Waals surface area contributed by atoms with Crippen LogP contribution in [0.4, 0.5) is 0 Å². The number of aryl methyl sites for hydroxylation is 1. The number of fused-ring (bicyclic) bond motifs is 1. The Morgan fingerprint density at radius 2 is 1.92 bits per heavy atom. The van der Waals surface area contributed by atoms with E-state index in [0.717, 1.165) is 17.9 Å². The molecule has 0 fully saturated rings. The summed E-state index contributed by atoms with van der Waals surface area (Å²) in [6.45, 7) is 1.81. The van der Waals surface area contributed by atoms with Gasteiger partial charge in [-0.2, -0.15) is 5.10 Å². The number of nitrogens with one attached hydrogen (secondary N) is 1. The van der Waals surface area contributed by atoms with Gasteiger partial charge in [0.15, 0.2) is 0 Å². The molecule has 1 N–H and O–H groups in total. The molecule has 0 aliphatic carbocycles. The first kappa shape index (κ1) is 17.2. The van der Waals surface area contributed by atoms with E-state index in [-0.39, 0.29) is 11.9 Å². The van der Waals surface area contributed by atoms with Crippen LogP contribution in [0.5, 0.6) is 0 Å². The molecule has 1 amide bonds. The number of halogens is 1. The molecule has 1 aliphatic rings. The van der Waals surface area contributed by atoms with Gasteiger partial charge in [0, 0.05) is 10.6 Å². The molecule has 0 saturated heterocycles. The number of carbonyl (C=O) groups excluding carboxylic acids is 1. The van der Waals surface area contributed by atoms with Gasteiger partial charge in [0.05, 0.1) is 23.0 Å². The van der Waals surface area contributed by atoms with E-state index in [9.17, 15) is 4.79 Å². The fraction of sp³-hybridized carbons (Fsp3) is 0.200. The van der Waals surface area contributed by atoms with Crippen LogP contribution < -0.4 is 5.32 Å². The lowest BCUT2D eigenvalue weighted by Gasteiger charge is -2.25. The standard InChI is InChI=1S/C20H18ClN3OS/c1-13-18(19(21)24(23-13)14-7-3-2-4-8-14)20(25)22-16-11-12-26-17-10-6-5-9-15(16)17/h2-10,16H,11-12H2,1H3,(H,22,25)/t16-/m0/s1. The molecule has 2 heterocycles. The maximum atomic E-state index is 13.0. The molecule has 0 spiro atoms. The van der Waals surface area contributed by atoms with Crippen LogP contribution in [0.1, 0.15) is 34.1 Å². The molecule has 1 atom stereocenters. The molecule has 3 aromatic rings. The number of hydrogen-bond acceptors (Lipinski definition) is 3. The Morgan fingerprint density at radius 1 is 1.19 bits per heavy atom. The minimum Gasteiger partial charge on any atom is -0.345 e. The Morgan fingerprint density at radius 3 is 2.73 bits per heavy atom. The lowest BCUT2D eigenvalue weighted by molar-refractivity contribution is 0.0934. The molecule has 1 aromatic heterocycles. The van der Waals surface area contributed by atoms with Crippen LogP contribution in [0.2, 0.25) is 5.15 Å². The number of aromatic nitrogens is 2. The maximum Gasteiger partial charge on any atom is 0.256 e. The summed E-state index contributed by atoms with van der Waals surface area (Å²) in [5, 5.41) is 7.94. The van der Waals surface area contributed by atoms with Crippen molar-refractivity contribution in [3.8, 4) is 5.69 Å². The third-order valence-electron chi connectivity index (χ3n) is 4.50. The normalized spacial score (nSPS) is 16.2. The second-order valence-corrected chi connectivity index (χ2v) is 7.69. The first-order valence-corrected chi connectivity index (χ1v) is 9.84. The lowest BCUT2D eigenvalue weighted by atomic mass is 10.0. The second-order valence-electron chi connectivity index (χ2n) is 6.20. The van der Waals surface area contributed by atoms with Crippen LogP contribution in [0.25, 0.3) is 5.69 Å². The molecule has 132 valence electrons. The average molecular weight is 384 g/mol. The molecule has 0 radical (unpaired) electrons. The zero-order valence-electron chi connectivity index (χ0n) is 14.3. The first-order valence-electron chi connectivity index (χ1n) is 8.48. The number of para-hydroxylation sites is 1. The van der Waals surface area contributed by atoms with Crippen molar-refractivity contribution in [2.45, 2.75) is 24.3 Å². The largest absolute Gasteiger partial charge is 0.345 e. The summed E-state index contributed by atoms with van der Waals surface area (Å²) in [5.74, 6) is 0.805. The molecule has 4 nitrogen and oxygen atoms in total. The summed E-state index contributed by atoms with van der Waals surface area (Å²) in [7, 11) is 0. The summed E-state index contributed by atoms with van der Waals surface area (Å²) in [6, 6.07) is 17.8. The van der Waals surface area contributed by atoms with Crippen molar-refractivity contribution < 1.29 is 4.79 Å². The third-order valence-corrected chi connectivity index (χ3v) is 5.97. The predicted molar refractivity (Wildman–Crippen MR) is 105 cm³/mol. The smallest absolute Gasteiger partial charge is 0.256 e. The Bertz CT molecular complexity index is 955. The van der Waals surface area contributed by atoms with Crippen molar-refractivity contribution in [1.82, 2.24) is 15.1 Å². The van der Waals surface area contributed by atoms with E-state index in [1.807, 2.05) is 61.2 Å².